The van der Waals surface area contributed by atoms with Crippen molar-refractivity contribution in [3.05, 3.63) is 36.0 Å². The topological polar surface area (TPSA) is 17.1 Å². The second-order valence-electron chi connectivity index (χ2n) is 7.66. The molecule has 2 fully saturated rings. The monoisotopic (exact) mass is 282 g/mol. The molecule has 2 saturated carbocycles. The second kappa shape index (κ2) is 4.69. The lowest BCUT2D eigenvalue weighted by Crippen LogP contribution is -2.46. The van der Waals surface area contributed by atoms with E-state index >= 15 is 0 Å². The van der Waals surface area contributed by atoms with Gasteiger partial charge in [0.1, 0.15) is 0 Å². The van der Waals surface area contributed by atoms with E-state index in [1.165, 1.54) is 36.8 Å². The second-order valence-corrected chi connectivity index (χ2v) is 7.66. The van der Waals surface area contributed by atoms with E-state index in [1.807, 2.05) is 6.08 Å². The third-order valence-electron chi connectivity index (χ3n) is 7.16. The van der Waals surface area contributed by atoms with Crippen LogP contribution in [-0.4, -0.2) is 5.78 Å². The number of allylic oxidation sites excluding steroid dienone is 5. The molecule has 0 N–H and O–H groups in total. The molecule has 21 heavy (non-hydrogen) atoms. The molecule has 0 bridgehead atoms. The van der Waals surface area contributed by atoms with E-state index in [0.717, 1.165) is 31.1 Å². The number of hydrogen-bond donors (Lipinski definition) is 0. The minimum atomic E-state index is 0.368. The summed E-state index contributed by atoms with van der Waals surface area (Å²) in [6.45, 7) is 6.71. The molecule has 0 aliphatic heterocycles. The van der Waals surface area contributed by atoms with Gasteiger partial charge in [-0.2, -0.15) is 0 Å². The molecule has 1 heteroatoms. The van der Waals surface area contributed by atoms with Crippen molar-refractivity contribution in [1.82, 2.24) is 0 Å². The van der Waals surface area contributed by atoms with Crippen LogP contribution < -0.4 is 0 Å². The maximum Gasteiger partial charge on any atom is 0.155 e. The Morgan fingerprint density at radius 1 is 1.24 bits per heavy atom. The molecule has 1 nitrogen and oxygen atoms in total. The molecule has 0 radical (unpaired) electrons. The maximum atomic E-state index is 11.7. The van der Waals surface area contributed by atoms with Crippen molar-refractivity contribution >= 4 is 5.78 Å². The summed E-state index contributed by atoms with van der Waals surface area (Å²) in [5.74, 6) is 3.43. The van der Waals surface area contributed by atoms with Crippen LogP contribution in [0.15, 0.2) is 36.0 Å². The predicted molar refractivity (Wildman–Crippen MR) is 85.8 cm³/mol. The molecule has 0 heterocycles. The largest absolute Gasteiger partial charge is 0.295 e. The smallest absolute Gasteiger partial charge is 0.155 e. The standard InChI is InChI=1S/C20H26O/c1-3-20-11-10-17-16-8-6-15(21)12-14(16)5-7-18(17)19(20)9-4-13(20)2/h4,9,12,16-19H,2-3,5-8,10-11H2,1H3/t16?,17?,18?,19?,20-/m1/s1. The molecule has 4 rings (SSSR count). The van der Waals surface area contributed by atoms with Crippen molar-refractivity contribution in [3.8, 4) is 0 Å². The van der Waals surface area contributed by atoms with Gasteiger partial charge in [0, 0.05) is 11.8 Å². The first-order valence-electron chi connectivity index (χ1n) is 8.76. The van der Waals surface area contributed by atoms with Crippen molar-refractivity contribution in [1.29, 1.82) is 0 Å². The summed E-state index contributed by atoms with van der Waals surface area (Å²) in [7, 11) is 0. The molecular formula is C20H26O. The SMILES string of the molecule is C=C1C=CC2C3CCC4=CC(=O)CCC4C3CC[C@]12CC. The van der Waals surface area contributed by atoms with E-state index in [1.54, 1.807) is 0 Å². The third kappa shape index (κ3) is 1.79. The number of carbonyl (C=O) groups excluding carboxylic acids is 1. The van der Waals surface area contributed by atoms with Gasteiger partial charge >= 0.3 is 0 Å². The van der Waals surface area contributed by atoms with Crippen LogP contribution in [0.25, 0.3) is 0 Å². The number of hydrogen-bond acceptors (Lipinski definition) is 1. The van der Waals surface area contributed by atoms with E-state index in [-0.39, 0.29) is 0 Å². The quantitative estimate of drug-likeness (QED) is 0.672. The molecule has 0 spiro atoms. The highest BCUT2D eigenvalue weighted by molar-refractivity contribution is 5.91. The lowest BCUT2D eigenvalue weighted by atomic mass is 9.51. The zero-order valence-electron chi connectivity index (χ0n) is 13.1. The zero-order valence-corrected chi connectivity index (χ0v) is 13.1. The van der Waals surface area contributed by atoms with Gasteiger partial charge in [-0.05, 0) is 73.8 Å². The van der Waals surface area contributed by atoms with Gasteiger partial charge in [0.05, 0.1) is 0 Å². The van der Waals surface area contributed by atoms with Crippen LogP contribution in [0.4, 0.5) is 0 Å². The molecule has 0 aromatic rings. The average Bonchev–Trinajstić information content (AvgIpc) is 2.84. The number of carbonyl (C=O) groups is 1. The van der Waals surface area contributed by atoms with Gasteiger partial charge in [0.15, 0.2) is 5.78 Å². The van der Waals surface area contributed by atoms with Gasteiger partial charge in [-0.3, -0.25) is 4.79 Å². The summed E-state index contributed by atoms with van der Waals surface area (Å²) in [5.41, 5.74) is 3.23. The van der Waals surface area contributed by atoms with Crippen molar-refractivity contribution in [2.24, 2.45) is 29.1 Å². The lowest BCUT2D eigenvalue weighted by Gasteiger charge is -2.53. The molecule has 112 valence electrons. The van der Waals surface area contributed by atoms with Gasteiger partial charge < -0.3 is 0 Å². The Kier molecular flexibility index (Phi) is 3.03. The van der Waals surface area contributed by atoms with Crippen LogP contribution in [0, 0.1) is 29.1 Å². The normalized spacial score (nSPS) is 44.9. The average molecular weight is 282 g/mol. The van der Waals surface area contributed by atoms with Gasteiger partial charge in [0.25, 0.3) is 0 Å². The lowest BCUT2D eigenvalue weighted by molar-refractivity contribution is -0.115. The molecule has 0 amide bonds. The van der Waals surface area contributed by atoms with Gasteiger partial charge in [-0.15, -0.1) is 0 Å². The van der Waals surface area contributed by atoms with Gasteiger partial charge in [-0.1, -0.05) is 31.2 Å². The fourth-order valence-electron chi connectivity index (χ4n) is 6.05. The molecular weight excluding hydrogens is 256 g/mol. The van der Waals surface area contributed by atoms with Crippen molar-refractivity contribution < 1.29 is 4.79 Å². The Morgan fingerprint density at radius 3 is 2.90 bits per heavy atom. The summed E-state index contributed by atoms with van der Waals surface area (Å²) in [6, 6.07) is 0. The zero-order chi connectivity index (χ0) is 14.6. The Labute approximate surface area is 128 Å². The number of rotatable bonds is 1. The van der Waals surface area contributed by atoms with Crippen LogP contribution in [-0.2, 0) is 4.79 Å². The fourth-order valence-corrected chi connectivity index (χ4v) is 6.05. The van der Waals surface area contributed by atoms with E-state index < -0.39 is 0 Å². The molecule has 0 aromatic heterocycles. The maximum absolute atomic E-state index is 11.7. The summed E-state index contributed by atoms with van der Waals surface area (Å²) >= 11 is 0. The first-order chi connectivity index (χ1) is 10.2. The molecule has 4 aliphatic carbocycles. The fraction of sp³-hybridized carbons (Fsp3) is 0.650. The number of fused-ring (bicyclic) bond motifs is 5. The Balaban J connectivity index is 1.67. The van der Waals surface area contributed by atoms with E-state index in [4.69, 9.17) is 0 Å². The van der Waals surface area contributed by atoms with Crippen molar-refractivity contribution in [2.75, 3.05) is 0 Å². The Morgan fingerprint density at radius 2 is 2.10 bits per heavy atom. The molecule has 4 aliphatic rings. The minimum Gasteiger partial charge on any atom is -0.295 e. The molecule has 5 atom stereocenters. The van der Waals surface area contributed by atoms with Crippen LogP contribution in [0.5, 0.6) is 0 Å². The Hall–Kier alpha value is -1.11. The van der Waals surface area contributed by atoms with Crippen LogP contribution in [0.1, 0.15) is 51.9 Å². The van der Waals surface area contributed by atoms with Crippen molar-refractivity contribution in [3.63, 3.8) is 0 Å². The summed E-state index contributed by atoms with van der Waals surface area (Å²) in [4.78, 5) is 11.7. The van der Waals surface area contributed by atoms with E-state index in [9.17, 15) is 4.79 Å². The van der Waals surface area contributed by atoms with Crippen LogP contribution in [0.3, 0.4) is 0 Å². The van der Waals surface area contributed by atoms with Crippen LogP contribution >= 0.6 is 0 Å². The minimum absolute atomic E-state index is 0.368. The first-order valence-corrected chi connectivity index (χ1v) is 8.76. The summed E-state index contributed by atoms with van der Waals surface area (Å²) in [5, 5.41) is 0. The first kappa shape index (κ1) is 13.5. The molecule has 0 aromatic carbocycles. The van der Waals surface area contributed by atoms with E-state index in [2.05, 4.69) is 25.7 Å². The summed E-state index contributed by atoms with van der Waals surface area (Å²) < 4.78 is 0. The highest BCUT2D eigenvalue weighted by Crippen LogP contribution is 2.62. The van der Waals surface area contributed by atoms with Gasteiger partial charge in [0.2, 0.25) is 0 Å². The van der Waals surface area contributed by atoms with Crippen LogP contribution in [0.2, 0.25) is 0 Å². The molecule has 4 unspecified atom stereocenters. The highest BCUT2D eigenvalue weighted by Gasteiger charge is 2.53. The Bertz CT molecular complexity index is 552. The van der Waals surface area contributed by atoms with Crippen molar-refractivity contribution in [2.45, 2.75) is 51.9 Å². The third-order valence-corrected chi connectivity index (χ3v) is 7.16. The predicted octanol–water partition coefficient (Wildman–Crippen LogP) is 4.85. The van der Waals surface area contributed by atoms with Gasteiger partial charge in [-0.25, -0.2) is 0 Å². The number of ketones is 1. The molecule has 0 saturated heterocycles. The highest BCUT2D eigenvalue weighted by atomic mass is 16.1. The summed E-state index contributed by atoms with van der Waals surface area (Å²) in [6.07, 6.45) is 15.0. The van der Waals surface area contributed by atoms with E-state index in [0.29, 0.717) is 23.0 Å².